The smallest absolute Gasteiger partial charge is 0.289 e. The van der Waals surface area contributed by atoms with Gasteiger partial charge in [-0.15, -0.1) is 6.58 Å². The predicted octanol–water partition coefficient (Wildman–Crippen LogP) is 2.72. The van der Waals surface area contributed by atoms with Crippen molar-refractivity contribution in [1.29, 1.82) is 0 Å². The van der Waals surface area contributed by atoms with Gasteiger partial charge in [-0.05, 0) is 47.3 Å². The molecule has 2 aliphatic carbocycles. The Hall–Kier alpha value is -4.16. The Balaban J connectivity index is 1.60. The zero-order valence-corrected chi connectivity index (χ0v) is 30.6. The van der Waals surface area contributed by atoms with E-state index in [1.807, 2.05) is 34.6 Å². The third-order valence-corrected chi connectivity index (χ3v) is 11.0. The topological polar surface area (TPSA) is 180 Å². The van der Waals surface area contributed by atoms with E-state index < -0.39 is 70.3 Å². The number of likely N-dealkylation sites (tertiary alicyclic amines) is 1. The standard InChI is InChI=1S/C37H55N7O6/c1-9-14-23(27(45)32(48)40-17-10-2)41-31(47)26-25-22(36(25,6)7)21-44(26)34(50)29(35(3,4)5)43-33(49)28(37(8)15-12-11-13-16-37)42-30(46)24-20-38-18-19-39-24/h10,18-20,22-23,25-26,28-29H,2,9,11-17,21H2,1,3-8H3,(H,40,48)(H,41,47)(H,42,46)(H,43,49)/t22-,23?,25-,26-,28+,29+/m0/s1. The number of piperidine rings is 1. The molecule has 0 aromatic carbocycles. The number of carbonyl (C=O) groups excluding carboxylic acids is 6. The highest BCUT2D eigenvalue weighted by Gasteiger charge is 2.70. The first-order chi connectivity index (χ1) is 23.5. The first kappa shape index (κ1) is 38.6. The van der Waals surface area contributed by atoms with Crippen LogP contribution < -0.4 is 21.3 Å². The zero-order valence-electron chi connectivity index (χ0n) is 30.6. The number of rotatable bonds is 14. The lowest BCUT2D eigenvalue weighted by Gasteiger charge is -2.42. The number of nitrogens with one attached hydrogen (secondary N) is 4. The van der Waals surface area contributed by atoms with Crippen LogP contribution in [0.15, 0.2) is 31.2 Å². The van der Waals surface area contributed by atoms with E-state index in [9.17, 15) is 28.8 Å². The van der Waals surface area contributed by atoms with Gasteiger partial charge in [0.25, 0.3) is 11.8 Å². The summed E-state index contributed by atoms with van der Waals surface area (Å²) in [6.45, 7) is 17.5. The van der Waals surface area contributed by atoms with Gasteiger partial charge < -0.3 is 26.2 Å². The van der Waals surface area contributed by atoms with Crippen molar-refractivity contribution in [1.82, 2.24) is 36.1 Å². The molecule has 0 radical (unpaired) electrons. The van der Waals surface area contributed by atoms with Gasteiger partial charge in [-0.1, -0.05) is 80.2 Å². The van der Waals surface area contributed by atoms with Crippen molar-refractivity contribution in [3.63, 3.8) is 0 Å². The highest BCUT2D eigenvalue weighted by molar-refractivity contribution is 6.38. The van der Waals surface area contributed by atoms with Gasteiger partial charge in [0, 0.05) is 25.5 Å². The second kappa shape index (κ2) is 15.4. The minimum Gasteiger partial charge on any atom is -0.346 e. The fourth-order valence-electron chi connectivity index (χ4n) is 7.90. The SMILES string of the molecule is C=CCNC(=O)C(=O)C(CCC)NC(=O)[C@@H]1[C@@H]2[C@H](CN1C(=O)[C@@H](NC(=O)[C@@H](NC(=O)c1cnccn1)C1(C)CCCCC1)C(C)(C)C)C2(C)C. The minimum absolute atomic E-state index is 0.0508. The molecule has 4 N–H and O–H groups in total. The normalized spacial score (nSPS) is 23.7. The summed E-state index contributed by atoms with van der Waals surface area (Å²) >= 11 is 0. The van der Waals surface area contributed by atoms with Crippen LogP contribution in [0.25, 0.3) is 0 Å². The highest BCUT2D eigenvalue weighted by Crippen LogP contribution is 2.65. The van der Waals surface area contributed by atoms with Crippen LogP contribution >= 0.6 is 0 Å². The molecule has 1 aromatic heterocycles. The van der Waals surface area contributed by atoms with Crippen molar-refractivity contribution in [2.24, 2.45) is 28.1 Å². The van der Waals surface area contributed by atoms with Crippen molar-refractivity contribution in [2.45, 2.75) is 118 Å². The molecule has 1 unspecified atom stereocenters. The van der Waals surface area contributed by atoms with Gasteiger partial charge in [-0.3, -0.25) is 33.8 Å². The quantitative estimate of drug-likeness (QED) is 0.170. The van der Waals surface area contributed by atoms with E-state index in [-0.39, 0.29) is 35.9 Å². The molecule has 50 heavy (non-hydrogen) atoms. The summed E-state index contributed by atoms with van der Waals surface area (Å²) in [5, 5.41) is 11.2. The Labute approximate surface area is 295 Å². The summed E-state index contributed by atoms with van der Waals surface area (Å²) in [4.78, 5) is 91.5. The molecule has 3 aliphatic rings. The van der Waals surface area contributed by atoms with Crippen molar-refractivity contribution in [2.75, 3.05) is 13.1 Å². The van der Waals surface area contributed by atoms with E-state index in [2.05, 4.69) is 51.7 Å². The van der Waals surface area contributed by atoms with Crippen LogP contribution in [0.4, 0.5) is 0 Å². The van der Waals surface area contributed by atoms with Crippen LogP contribution in [-0.2, 0) is 24.0 Å². The number of Topliss-reactive ketones (excluding diaryl/α,β-unsaturated/α-hetero) is 1. The Morgan fingerprint density at radius 1 is 1.02 bits per heavy atom. The molecule has 4 rings (SSSR count). The van der Waals surface area contributed by atoms with Crippen molar-refractivity contribution >= 4 is 35.3 Å². The molecule has 3 fully saturated rings. The third kappa shape index (κ3) is 8.24. The summed E-state index contributed by atoms with van der Waals surface area (Å²) in [7, 11) is 0. The van der Waals surface area contributed by atoms with E-state index in [4.69, 9.17) is 0 Å². The lowest BCUT2D eigenvalue weighted by Crippen LogP contribution is -2.64. The van der Waals surface area contributed by atoms with Gasteiger partial charge >= 0.3 is 0 Å². The number of amides is 5. The summed E-state index contributed by atoms with van der Waals surface area (Å²) in [6.07, 6.45) is 10.8. The van der Waals surface area contributed by atoms with Crippen molar-refractivity contribution in [3.8, 4) is 0 Å². The molecule has 6 atom stereocenters. The average molecular weight is 694 g/mol. The highest BCUT2D eigenvalue weighted by atomic mass is 16.2. The van der Waals surface area contributed by atoms with Crippen LogP contribution in [0.5, 0.6) is 0 Å². The predicted molar refractivity (Wildman–Crippen MR) is 187 cm³/mol. The Morgan fingerprint density at radius 2 is 1.70 bits per heavy atom. The maximum absolute atomic E-state index is 14.6. The second-order valence-electron chi connectivity index (χ2n) is 16.1. The number of carbonyl (C=O) groups is 6. The molecule has 0 bridgehead atoms. The van der Waals surface area contributed by atoms with Crippen molar-refractivity contribution in [3.05, 3.63) is 36.9 Å². The lowest BCUT2D eigenvalue weighted by molar-refractivity contribution is -0.147. The van der Waals surface area contributed by atoms with Gasteiger partial charge in [0.1, 0.15) is 23.8 Å². The summed E-state index contributed by atoms with van der Waals surface area (Å²) in [5.41, 5.74) is -1.46. The van der Waals surface area contributed by atoms with Crippen molar-refractivity contribution < 1.29 is 28.8 Å². The molecular formula is C37H55N7O6. The van der Waals surface area contributed by atoms with Gasteiger partial charge in [0.15, 0.2) is 0 Å². The molecule has 0 spiro atoms. The summed E-state index contributed by atoms with van der Waals surface area (Å²) < 4.78 is 0. The largest absolute Gasteiger partial charge is 0.346 e. The maximum atomic E-state index is 14.6. The molecule has 2 saturated carbocycles. The van der Waals surface area contributed by atoms with Crippen LogP contribution in [0, 0.1) is 28.1 Å². The molecule has 13 nitrogen and oxygen atoms in total. The summed E-state index contributed by atoms with van der Waals surface area (Å²) in [6, 6.07) is -3.93. The van der Waals surface area contributed by atoms with Crippen LogP contribution in [-0.4, -0.2) is 87.4 Å². The fourth-order valence-corrected chi connectivity index (χ4v) is 7.90. The molecule has 2 heterocycles. The Morgan fingerprint density at radius 3 is 2.28 bits per heavy atom. The monoisotopic (exact) mass is 693 g/mol. The molecule has 13 heteroatoms. The first-order valence-corrected chi connectivity index (χ1v) is 17.9. The van der Waals surface area contributed by atoms with E-state index in [0.29, 0.717) is 13.0 Å². The number of fused-ring (bicyclic) bond motifs is 1. The summed E-state index contributed by atoms with van der Waals surface area (Å²) in [5.74, 6) is -3.59. The van der Waals surface area contributed by atoms with E-state index in [1.165, 1.54) is 29.6 Å². The Bertz CT molecular complexity index is 1470. The third-order valence-electron chi connectivity index (χ3n) is 11.0. The molecular weight excluding hydrogens is 638 g/mol. The number of aromatic nitrogens is 2. The van der Waals surface area contributed by atoms with Crippen LogP contribution in [0.2, 0.25) is 0 Å². The molecule has 1 aromatic rings. The molecule has 274 valence electrons. The van der Waals surface area contributed by atoms with Gasteiger partial charge in [0.05, 0.1) is 12.2 Å². The fraction of sp³-hybridized carbons (Fsp3) is 0.676. The number of nitrogens with zero attached hydrogens (tertiary/aromatic N) is 3. The Kier molecular flexibility index (Phi) is 11.9. The lowest BCUT2D eigenvalue weighted by atomic mass is 9.70. The second-order valence-corrected chi connectivity index (χ2v) is 16.1. The number of ketones is 1. The average Bonchev–Trinajstić information content (AvgIpc) is 3.38. The van der Waals surface area contributed by atoms with Crippen LogP contribution in [0.1, 0.15) is 104 Å². The number of hydrogen-bond donors (Lipinski definition) is 4. The van der Waals surface area contributed by atoms with E-state index in [1.54, 1.807) is 0 Å². The van der Waals surface area contributed by atoms with E-state index >= 15 is 0 Å². The van der Waals surface area contributed by atoms with Gasteiger partial charge in [-0.25, -0.2) is 4.98 Å². The maximum Gasteiger partial charge on any atom is 0.289 e. The van der Waals surface area contributed by atoms with E-state index in [0.717, 1.165) is 32.1 Å². The molecule has 5 amide bonds. The number of hydrogen-bond acceptors (Lipinski definition) is 8. The molecule has 1 aliphatic heterocycles. The zero-order chi connectivity index (χ0) is 37.0. The minimum atomic E-state index is -1.05. The molecule has 1 saturated heterocycles. The van der Waals surface area contributed by atoms with Gasteiger partial charge in [0.2, 0.25) is 23.5 Å². The first-order valence-electron chi connectivity index (χ1n) is 17.9. The van der Waals surface area contributed by atoms with Gasteiger partial charge in [-0.2, -0.15) is 0 Å². The van der Waals surface area contributed by atoms with Crippen LogP contribution in [0.3, 0.4) is 0 Å².